The second-order valence-electron chi connectivity index (χ2n) is 5.17. The molecule has 1 aliphatic heterocycles. The number of nitrogens with zero attached hydrogens (tertiary/aromatic N) is 1. The van der Waals surface area contributed by atoms with Crippen molar-refractivity contribution in [1.82, 2.24) is 0 Å². The first-order chi connectivity index (χ1) is 10.7. The maximum absolute atomic E-state index is 11.8. The molecule has 0 radical (unpaired) electrons. The molecule has 1 aliphatic rings. The maximum Gasteiger partial charge on any atom is 0.344 e. The van der Waals surface area contributed by atoms with E-state index in [1.807, 2.05) is 18.2 Å². The molecule has 0 bridgehead atoms. The van der Waals surface area contributed by atoms with Crippen LogP contribution in [0, 0.1) is 16.5 Å². The maximum atomic E-state index is 11.8. The summed E-state index contributed by atoms with van der Waals surface area (Å²) < 4.78 is 5.71. The SMILES string of the molecule is N#Cc1ccc(COc2ccc3c(c2)CC[NH+]([O-])C3=O)cc1. The van der Waals surface area contributed by atoms with Gasteiger partial charge in [0.2, 0.25) is 0 Å². The number of quaternary nitrogens is 1. The average molecular weight is 294 g/mol. The molecule has 1 atom stereocenters. The molecule has 1 heterocycles. The van der Waals surface area contributed by atoms with E-state index >= 15 is 0 Å². The van der Waals surface area contributed by atoms with E-state index in [9.17, 15) is 10.0 Å². The van der Waals surface area contributed by atoms with E-state index in [-0.39, 0.29) is 11.6 Å². The molecule has 0 saturated carbocycles. The molecule has 0 aromatic heterocycles. The van der Waals surface area contributed by atoms with E-state index in [4.69, 9.17) is 10.00 Å². The number of carbonyl (C=O) groups is 1. The van der Waals surface area contributed by atoms with Crippen molar-refractivity contribution >= 4 is 5.91 Å². The quantitative estimate of drug-likeness (QED) is 0.863. The van der Waals surface area contributed by atoms with Crippen LogP contribution in [0.2, 0.25) is 0 Å². The van der Waals surface area contributed by atoms with E-state index in [0.29, 0.717) is 29.9 Å². The van der Waals surface area contributed by atoms with Gasteiger partial charge in [0.25, 0.3) is 0 Å². The van der Waals surface area contributed by atoms with Crippen molar-refractivity contribution in [3.8, 4) is 11.8 Å². The molecule has 2 aromatic carbocycles. The van der Waals surface area contributed by atoms with Crippen LogP contribution in [0.3, 0.4) is 0 Å². The van der Waals surface area contributed by atoms with Crippen LogP contribution < -0.4 is 9.80 Å². The average Bonchev–Trinajstić information content (AvgIpc) is 2.57. The number of nitrogens with one attached hydrogen (secondary N) is 1. The first kappa shape index (κ1) is 14.3. The van der Waals surface area contributed by atoms with Gasteiger partial charge in [-0.2, -0.15) is 5.26 Å². The molecule has 2 aromatic rings. The van der Waals surface area contributed by atoms with Gasteiger partial charge in [-0.15, -0.1) is 0 Å². The highest BCUT2D eigenvalue weighted by Crippen LogP contribution is 2.20. The minimum absolute atomic E-state index is 0.269. The second-order valence-corrected chi connectivity index (χ2v) is 5.17. The number of hydroxylamine groups is 2. The van der Waals surface area contributed by atoms with Crippen LogP contribution in [0.15, 0.2) is 42.5 Å². The van der Waals surface area contributed by atoms with Crippen molar-refractivity contribution in [2.75, 3.05) is 6.54 Å². The number of benzene rings is 2. The topological polar surface area (TPSA) is 77.6 Å². The van der Waals surface area contributed by atoms with Crippen LogP contribution in [-0.4, -0.2) is 12.5 Å². The minimum atomic E-state index is -0.403. The Kier molecular flexibility index (Phi) is 3.88. The summed E-state index contributed by atoms with van der Waals surface area (Å²) in [6.07, 6.45) is 0.577. The fraction of sp³-hybridized carbons (Fsp3) is 0.176. The van der Waals surface area contributed by atoms with E-state index in [1.165, 1.54) is 0 Å². The molecule has 5 heteroatoms. The highest BCUT2D eigenvalue weighted by molar-refractivity contribution is 5.90. The summed E-state index contributed by atoms with van der Waals surface area (Å²) in [6.45, 7) is 0.655. The summed E-state index contributed by atoms with van der Waals surface area (Å²) in [5.74, 6) is 0.269. The van der Waals surface area contributed by atoms with Gasteiger partial charge in [-0.05, 0) is 41.5 Å². The molecule has 22 heavy (non-hydrogen) atoms. The van der Waals surface area contributed by atoms with Gasteiger partial charge in [-0.3, -0.25) is 0 Å². The number of ether oxygens (including phenoxy) is 1. The van der Waals surface area contributed by atoms with E-state index < -0.39 is 5.91 Å². The molecule has 0 spiro atoms. The molecule has 110 valence electrons. The second kappa shape index (κ2) is 5.98. The van der Waals surface area contributed by atoms with Crippen LogP contribution in [0.25, 0.3) is 0 Å². The van der Waals surface area contributed by atoms with Crippen LogP contribution in [-0.2, 0) is 13.0 Å². The Labute approximate surface area is 127 Å². The Morgan fingerprint density at radius 2 is 2.00 bits per heavy atom. The van der Waals surface area contributed by atoms with Gasteiger partial charge in [-0.25, -0.2) is 4.79 Å². The lowest BCUT2D eigenvalue weighted by Gasteiger charge is -2.25. The van der Waals surface area contributed by atoms with Gasteiger partial charge in [0.05, 0.1) is 23.7 Å². The standard InChI is InChI=1S/C17H14N2O3/c18-10-12-1-3-13(4-2-12)11-22-15-5-6-16-14(9-15)7-8-19(21)17(16)20/h1-6,9,19H,7-8,11H2. The van der Waals surface area contributed by atoms with Gasteiger partial charge >= 0.3 is 5.91 Å². The van der Waals surface area contributed by atoms with Crippen molar-refractivity contribution < 1.29 is 14.6 Å². The third kappa shape index (κ3) is 2.84. The molecule has 1 unspecified atom stereocenters. The monoisotopic (exact) mass is 294 g/mol. The van der Waals surface area contributed by atoms with Crippen LogP contribution in [0.1, 0.15) is 27.0 Å². The normalized spacial score (nSPS) is 16.7. The Hall–Kier alpha value is -2.68. The van der Waals surface area contributed by atoms with Crippen LogP contribution >= 0.6 is 0 Å². The van der Waals surface area contributed by atoms with Crippen molar-refractivity contribution in [2.24, 2.45) is 0 Å². The minimum Gasteiger partial charge on any atom is -0.626 e. The number of hydrogen-bond donors (Lipinski definition) is 1. The smallest absolute Gasteiger partial charge is 0.344 e. The third-order valence-corrected chi connectivity index (χ3v) is 3.68. The number of carbonyl (C=O) groups excluding carboxylic acids is 1. The Morgan fingerprint density at radius 1 is 1.23 bits per heavy atom. The molecule has 1 N–H and O–H groups in total. The lowest BCUT2D eigenvalue weighted by Crippen LogP contribution is -3.11. The summed E-state index contributed by atoms with van der Waals surface area (Å²) in [5, 5.41) is 19.8. The number of hydrogen-bond acceptors (Lipinski definition) is 4. The molecular weight excluding hydrogens is 280 g/mol. The zero-order valence-corrected chi connectivity index (χ0v) is 11.8. The molecule has 1 amide bonds. The highest BCUT2D eigenvalue weighted by Gasteiger charge is 2.24. The molecule has 3 rings (SSSR count). The lowest BCUT2D eigenvalue weighted by molar-refractivity contribution is -0.759. The van der Waals surface area contributed by atoms with Crippen molar-refractivity contribution in [3.63, 3.8) is 0 Å². The van der Waals surface area contributed by atoms with Gasteiger partial charge in [-0.1, -0.05) is 12.1 Å². The number of nitriles is 1. The fourth-order valence-corrected chi connectivity index (χ4v) is 2.44. The number of fused-ring (bicyclic) bond motifs is 1. The lowest BCUT2D eigenvalue weighted by atomic mass is 10.00. The summed E-state index contributed by atoms with van der Waals surface area (Å²) in [6, 6.07) is 14.4. The fourth-order valence-electron chi connectivity index (χ4n) is 2.44. The zero-order chi connectivity index (χ0) is 15.5. The van der Waals surface area contributed by atoms with Gasteiger partial charge in [0, 0.05) is 6.42 Å². The first-order valence-electron chi connectivity index (χ1n) is 6.99. The van der Waals surface area contributed by atoms with Gasteiger partial charge in [0.1, 0.15) is 12.4 Å². The Morgan fingerprint density at radius 3 is 2.73 bits per heavy atom. The summed E-state index contributed by atoms with van der Waals surface area (Å²) in [4.78, 5) is 11.8. The molecular formula is C17H14N2O3. The Bertz CT molecular complexity index is 747. The number of amides is 1. The molecule has 0 aliphatic carbocycles. The molecule has 0 fully saturated rings. The van der Waals surface area contributed by atoms with Crippen molar-refractivity contribution in [3.05, 3.63) is 69.9 Å². The highest BCUT2D eigenvalue weighted by atomic mass is 16.5. The summed E-state index contributed by atoms with van der Waals surface area (Å²) in [5.41, 5.74) is 2.92. The zero-order valence-electron chi connectivity index (χ0n) is 11.8. The third-order valence-electron chi connectivity index (χ3n) is 3.68. The predicted octanol–water partition coefficient (Wildman–Crippen LogP) is 1.22. The summed E-state index contributed by atoms with van der Waals surface area (Å²) in [7, 11) is 0. The van der Waals surface area contributed by atoms with Crippen LogP contribution in [0.4, 0.5) is 0 Å². The van der Waals surface area contributed by atoms with Crippen LogP contribution in [0.5, 0.6) is 5.75 Å². The molecule has 5 nitrogen and oxygen atoms in total. The predicted molar refractivity (Wildman–Crippen MR) is 79.2 cm³/mol. The number of rotatable bonds is 3. The first-order valence-corrected chi connectivity index (χ1v) is 6.99. The van der Waals surface area contributed by atoms with Crippen molar-refractivity contribution in [1.29, 1.82) is 5.26 Å². The van der Waals surface area contributed by atoms with E-state index in [2.05, 4.69) is 6.07 Å². The molecule has 0 saturated heterocycles. The van der Waals surface area contributed by atoms with Gasteiger partial charge < -0.3 is 15.0 Å². The Balaban J connectivity index is 1.71. The van der Waals surface area contributed by atoms with E-state index in [0.717, 1.165) is 11.1 Å². The van der Waals surface area contributed by atoms with E-state index in [1.54, 1.807) is 24.3 Å². The van der Waals surface area contributed by atoms with Gasteiger partial charge in [0.15, 0.2) is 0 Å². The summed E-state index contributed by atoms with van der Waals surface area (Å²) >= 11 is 0. The van der Waals surface area contributed by atoms with Crippen molar-refractivity contribution in [2.45, 2.75) is 13.0 Å². The largest absolute Gasteiger partial charge is 0.626 e.